The van der Waals surface area contributed by atoms with E-state index in [0.717, 1.165) is 26.1 Å². The average molecular weight is 236 g/mol. The molecule has 4 nitrogen and oxygen atoms in total. The second-order valence-corrected chi connectivity index (χ2v) is 3.90. The van der Waals surface area contributed by atoms with Crippen LogP contribution in [-0.2, 0) is 6.42 Å². The summed E-state index contributed by atoms with van der Waals surface area (Å²) in [6.45, 7) is 7.48. The van der Waals surface area contributed by atoms with Gasteiger partial charge in [-0.1, -0.05) is 26.0 Å². The van der Waals surface area contributed by atoms with Crippen molar-refractivity contribution in [2.75, 3.05) is 25.0 Å². The standard InChI is InChI=1S/C13H20N2O2/c1-3-15(4-2)10-9-11-5-7-12(8-6-11)14-13(16)17/h5-8,14H,3-4,9-10H2,1-2H3,(H,16,17). The van der Waals surface area contributed by atoms with Gasteiger partial charge < -0.3 is 10.0 Å². The Bertz CT molecular complexity index is 345. The molecule has 4 heteroatoms. The number of carbonyl (C=O) groups is 1. The Kier molecular flexibility index (Phi) is 5.49. The van der Waals surface area contributed by atoms with Crippen molar-refractivity contribution >= 4 is 11.8 Å². The summed E-state index contributed by atoms with van der Waals surface area (Å²) >= 11 is 0. The molecule has 0 bridgehead atoms. The zero-order valence-corrected chi connectivity index (χ0v) is 10.4. The van der Waals surface area contributed by atoms with E-state index in [-0.39, 0.29) is 0 Å². The summed E-state index contributed by atoms with van der Waals surface area (Å²) in [5.41, 5.74) is 1.84. The molecule has 0 atom stereocenters. The lowest BCUT2D eigenvalue weighted by atomic mass is 10.1. The van der Waals surface area contributed by atoms with Gasteiger partial charge in [0.2, 0.25) is 0 Å². The number of rotatable bonds is 6. The van der Waals surface area contributed by atoms with Crippen LogP contribution in [0.15, 0.2) is 24.3 Å². The maximum atomic E-state index is 10.4. The van der Waals surface area contributed by atoms with Crippen LogP contribution in [0.1, 0.15) is 19.4 Å². The fourth-order valence-electron chi connectivity index (χ4n) is 1.71. The van der Waals surface area contributed by atoms with Gasteiger partial charge in [0.25, 0.3) is 0 Å². The van der Waals surface area contributed by atoms with Gasteiger partial charge in [-0.3, -0.25) is 5.32 Å². The molecule has 0 unspecified atom stereocenters. The second kappa shape index (κ2) is 6.91. The molecule has 0 heterocycles. The number of hydrogen-bond acceptors (Lipinski definition) is 2. The first-order valence-electron chi connectivity index (χ1n) is 5.97. The summed E-state index contributed by atoms with van der Waals surface area (Å²) in [5, 5.41) is 10.9. The first-order valence-corrected chi connectivity index (χ1v) is 5.97. The molecule has 1 rings (SSSR count). The lowest BCUT2D eigenvalue weighted by molar-refractivity contribution is 0.210. The van der Waals surface area contributed by atoms with Gasteiger partial charge in [-0.05, 0) is 37.2 Å². The smallest absolute Gasteiger partial charge is 0.409 e. The number of nitrogens with zero attached hydrogens (tertiary/aromatic N) is 1. The number of likely N-dealkylation sites (N-methyl/N-ethyl adjacent to an activating group) is 1. The van der Waals surface area contributed by atoms with Gasteiger partial charge in [0.05, 0.1) is 0 Å². The van der Waals surface area contributed by atoms with Crippen molar-refractivity contribution in [2.45, 2.75) is 20.3 Å². The Morgan fingerprint density at radius 2 is 1.82 bits per heavy atom. The monoisotopic (exact) mass is 236 g/mol. The maximum Gasteiger partial charge on any atom is 0.409 e. The van der Waals surface area contributed by atoms with E-state index in [1.165, 1.54) is 5.56 Å². The maximum absolute atomic E-state index is 10.4. The van der Waals surface area contributed by atoms with Crippen LogP contribution in [0.2, 0.25) is 0 Å². The first kappa shape index (κ1) is 13.5. The number of amides is 1. The Balaban J connectivity index is 2.47. The van der Waals surface area contributed by atoms with Crippen molar-refractivity contribution in [3.8, 4) is 0 Å². The van der Waals surface area contributed by atoms with E-state index in [4.69, 9.17) is 5.11 Å². The Morgan fingerprint density at radius 1 is 1.24 bits per heavy atom. The van der Waals surface area contributed by atoms with E-state index in [0.29, 0.717) is 5.69 Å². The normalized spacial score (nSPS) is 10.5. The van der Waals surface area contributed by atoms with Gasteiger partial charge in [0.1, 0.15) is 0 Å². The van der Waals surface area contributed by atoms with Crippen LogP contribution in [0, 0.1) is 0 Å². The molecule has 0 fully saturated rings. The molecular weight excluding hydrogens is 216 g/mol. The first-order chi connectivity index (χ1) is 8.15. The van der Waals surface area contributed by atoms with Crippen molar-refractivity contribution in [1.29, 1.82) is 0 Å². The molecule has 0 aromatic heterocycles. The van der Waals surface area contributed by atoms with Gasteiger partial charge in [-0.2, -0.15) is 0 Å². The third kappa shape index (κ3) is 4.87. The van der Waals surface area contributed by atoms with Crippen molar-refractivity contribution < 1.29 is 9.90 Å². The fourth-order valence-corrected chi connectivity index (χ4v) is 1.71. The highest BCUT2D eigenvalue weighted by Gasteiger charge is 2.01. The van der Waals surface area contributed by atoms with Crippen LogP contribution >= 0.6 is 0 Å². The zero-order chi connectivity index (χ0) is 12.7. The molecule has 1 amide bonds. The van der Waals surface area contributed by atoms with Crippen molar-refractivity contribution in [3.63, 3.8) is 0 Å². The van der Waals surface area contributed by atoms with E-state index in [2.05, 4.69) is 24.1 Å². The molecule has 0 spiro atoms. The minimum Gasteiger partial charge on any atom is -0.465 e. The summed E-state index contributed by atoms with van der Waals surface area (Å²) in [6.07, 6.45) is -0.0319. The van der Waals surface area contributed by atoms with Gasteiger partial charge >= 0.3 is 6.09 Å². The molecule has 0 radical (unpaired) electrons. The van der Waals surface area contributed by atoms with Crippen LogP contribution in [-0.4, -0.2) is 35.7 Å². The number of hydrogen-bond donors (Lipinski definition) is 2. The third-order valence-corrected chi connectivity index (χ3v) is 2.82. The van der Waals surface area contributed by atoms with Gasteiger partial charge in [0.15, 0.2) is 0 Å². The lowest BCUT2D eigenvalue weighted by Gasteiger charge is -2.17. The van der Waals surface area contributed by atoms with Crippen LogP contribution < -0.4 is 5.32 Å². The van der Waals surface area contributed by atoms with Crippen molar-refractivity contribution in [1.82, 2.24) is 4.90 Å². The minimum absolute atomic E-state index is 0.615. The lowest BCUT2D eigenvalue weighted by Crippen LogP contribution is -2.25. The van der Waals surface area contributed by atoms with Gasteiger partial charge in [-0.25, -0.2) is 4.79 Å². The van der Waals surface area contributed by atoms with Crippen LogP contribution in [0.4, 0.5) is 10.5 Å². The molecule has 94 valence electrons. The predicted molar refractivity (Wildman–Crippen MR) is 69.6 cm³/mol. The van der Waals surface area contributed by atoms with E-state index >= 15 is 0 Å². The van der Waals surface area contributed by atoms with Gasteiger partial charge in [-0.15, -0.1) is 0 Å². The molecule has 0 saturated heterocycles. The Labute approximate surface area is 102 Å². The molecule has 17 heavy (non-hydrogen) atoms. The van der Waals surface area contributed by atoms with E-state index in [9.17, 15) is 4.79 Å². The van der Waals surface area contributed by atoms with Gasteiger partial charge in [0, 0.05) is 12.2 Å². The quantitative estimate of drug-likeness (QED) is 0.798. The van der Waals surface area contributed by atoms with Crippen LogP contribution in [0.25, 0.3) is 0 Å². The fraction of sp³-hybridized carbons (Fsp3) is 0.462. The summed E-state index contributed by atoms with van der Waals surface area (Å²) in [6, 6.07) is 7.53. The zero-order valence-electron chi connectivity index (χ0n) is 10.4. The van der Waals surface area contributed by atoms with Crippen LogP contribution in [0.3, 0.4) is 0 Å². The Hall–Kier alpha value is -1.55. The largest absolute Gasteiger partial charge is 0.465 e. The minimum atomic E-state index is -1.03. The highest BCUT2D eigenvalue weighted by atomic mass is 16.4. The number of nitrogens with one attached hydrogen (secondary N) is 1. The number of benzene rings is 1. The molecular formula is C13H20N2O2. The van der Waals surface area contributed by atoms with Crippen molar-refractivity contribution in [3.05, 3.63) is 29.8 Å². The molecule has 0 saturated carbocycles. The topological polar surface area (TPSA) is 52.6 Å². The summed E-state index contributed by atoms with van der Waals surface area (Å²) in [5.74, 6) is 0. The molecule has 0 aliphatic rings. The predicted octanol–water partition coefficient (Wildman–Crippen LogP) is 2.66. The summed E-state index contributed by atoms with van der Waals surface area (Å²) < 4.78 is 0. The molecule has 2 N–H and O–H groups in total. The van der Waals surface area contributed by atoms with Crippen molar-refractivity contribution in [2.24, 2.45) is 0 Å². The Morgan fingerprint density at radius 3 is 2.29 bits per heavy atom. The van der Waals surface area contributed by atoms with E-state index in [1.807, 2.05) is 12.1 Å². The highest BCUT2D eigenvalue weighted by Crippen LogP contribution is 2.10. The average Bonchev–Trinajstić information content (AvgIpc) is 2.32. The molecule has 0 aliphatic carbocycles. The van der Waals surface area contributed by atoms with E-state index < -0.39 is 6.09 Å². The number of carboxylic acid groups (broad SMARTS) is 1. The SMILES string of the molecule is CCN(CC)CCc1ccc(NC(=O)O)cc1. The summed E-state index contributed by atoms with van der Waals surface area (Å²) in [4.78, 5) is 12.8. The van der Waals surface area contributed by atoms with Crippen LogP contribution in [0.5, 0.6) is 0 Å². The molecule has 1 aromatic rings. The highest BCUT2D eigenvalue weighted by molar-refractivity contribution is 5.82. The summed E-state index contributed by atoms with van der Waals surface area (Å²) in [7, 11) is 0. The molecule has 1 aromatic carbocycles. The second-order valence-electron chi connectivity index (χ2n) is 3.90. The van der Waals surface area contributed by atoms with E-state index in [1.54, 1.807) is 12.1 Å². The third-order valence-electron chi connectivity index (χ3n) is 2.82. The molecule has 0 aliphatic heterocycles. The number of anilines is 1.